The number of aromatic nitrogens is 1. The molecule has 3 unspecified atom stereocenters. The van der Waals surface area contributed by atoms with E-state index in [1.807, 2.05) is 18.2 Å². The Labute approximate surface area is 134 Å². The van der Waals surface area contributed by atoms with Crippen LogP contribution in [0, 0.1) is 17.8 Å². The maximum absolute atomic E-state index is 11.8. The van der Waals surface area contributed by atoms with Crippen LogP contribution in [0.3, 0.4) is 0 Å². The van der Waals surface area contributed by atoms with E-state index in [0.717, 1.165) is 12.2 Å². The summed E-state index contributed by atoms with van der Waals surface area (Å²) in [6.07, 6.45) is 8.73. The first-order valence-electron chi connectivity index (χ1n) is 8.11. The van der Waals surface area contributed by atoms with Crippen molar-refractivity contribution in [1.82, 2.24) is 4.98 Å². The first-order valence-corrected chi connectivity index (χ1v) is 8.11. The number of nitrogens with zero attached hydrogens (tertiary/aromatic N) is 1. The minimum atomic E-state index is -0.434. The van der Waals surface area contributed by atoms with Gasteiger partial charge in [-0.05, 0) is 42.7 Å². The summed E-state index contributed by atoms with van der Waals surface area (Å²) < 4.78 is 0. The first-order chi connectivity index (χ1) is 11.2. The molecule has 0 spiro atoms. The SMILES string of the molecule is O=c1c(NCc2ccccn2)c(NCC2CC3C=CC2C3)c1=O. The van der Waals surface area contributed by atoms with Gasteiger partial charge in [0.15, 0.2) is 0 Å². The van der Waals surface area contributed by atoms with Crippen LogP contribution in [0.2, 0.25) is 0 Å². The molecule has 3 atom stereocenters. The van der Waals surface area contributed by atoms with E-state index in [2.05, 4.69) is 27.8 Å². The zero-order valence-corrected chi connectivity index (χ0v) is 12.8. The van der Waals surface area contributed by atoms with E-state index in [9.17, 15) is 9.59 Å². The van der Waals surface area contributed by atoms with Gasteiger partial charge in [0, 0.05) is 12.7 Å². The van der Waals surface area contributed by atoms with Crippen LogP contribution < -0.4 is 21.5 Å². The summed E-state index contributed by atoms with van der Waals surface area (Å²) >= 11 is 0. The summed E-state index contributed by atoms with van der Waals surface area (Å²) in [5.74, 6) is 1.91. The highest BCUT2D eigenvalue weighted by atomic mass is 16.2. The number of hydrogen-bond acceptors (Lipinski definition) is 5. The number of fused-ring (bicyclic) bond motifs is 2. The van der Waals surface area contributed by atoms with Gasteiger partial charge in [-0.25, -0.2) is 0 Å². The largest absolute Gasteiger partial charge is 0.380 e. The monoisotopic (exact) mass is 309 g/mol. The third-order valence-electron chi connectivity index (χ3n) is 5.04. The summed E-state index contributed by atoms with van der Waals surface area (Å²) in [7, 11) is 0. The standard InChI is InChI=1S/C18H19N3O2/c22-17-15(20-9-13-8-11-4-5-12(13)7-11)16(18(17)23)21-10-14-3-1-2-6-19-14/h1-6,11-13,20-21H,7-10H2. The van der Waals surface area contributed by atoms with Crippen molar-refractivity contribution < 1.29 is 0 Å². The molecule has 5 heteroatoms. The molecule has 1 fully saturated rings. The molecule has 1 heterocycles. The molecular weight excluding hydrogens is 290 g/mol. The van der Waals surface area contributed by atoms with Gasteiger partial charge >= 0.3 is 0 Å². The van der Waals surface area contributed by atoms with Gasteiger partial charge in [-0.2, -0.15) is 0 Å². The van der Waals surface area contributed by atoms with Gasteiger partial charge in [0.25, 0.3) is 10.9 Å². The maximum atomic E-state index is 11.8. The molecule has 2 aliphatic rings. The Kier molecular flexibility index (Phi) is 3.48. The lowest BCUT2D eigenvalue weighted by Gasteiger charge is -2.21. The van der Waals surface area contributed by atoms with Crippen LogP contribution in [-0.2, 0) is 6.54 Å². The van der Waals surface area contributed by atoms with Gasteiger partial charge in [-0.15, -0.1) is 0 Å². The predicted molar refractivity (Wildman–Crippen MR) is 90.3 cm³/mol. The molecule has 118 valence electrons. The minimum Gasteiger partial charge on any atom is -0.380 e. The molecule has 5 nitrogen and oxygen atoms in total. The first kappa shape index (κ1) is 14.2. The van der Waals surface area contributed by atoms with E-state index in [1.54, 1.807) is 6.20 Å². The number of allylic oxidation sites excluding steroid dienone is 2. The molecule has 1 saturated carbocycles. The van der Waals surface area contributed by atoms with Crippen molar-refractivity contribution >= 4 is 11.4 Å². The molecule has 2 bridgehead atoms. The Morgan fingerprint density at radius 1 is 1.04 bits per heavy atom. The molecule has 1 aromatic heterocycles. The van der Waals surface area contributed by atoms with E-state index < -0.39 is 10.9 Å². The minimum absolute atomic E-state index is 0.402. The van der Waals surface area contributed by atoms with Crippen LogP contribution in [-0.4, -0.2) is 11.5 Å². The van der Waals surface area contributed by atoms with Crippen LogP contribution >= 0.6 is 0 Å². The van der Waals surface area contributed by atoms with Crippen LogP contribution in [0.4, 0.5) is 11.4 Å². The quantitative estimate of drug-likeness (QED) is 0.630. The molecule has 0 radical (unpaired) electrons. The fourth-order valence-electron chi connectivity index (χ4n) is 3.77. The van der Waals surface area contributed by atoms with Crippen molar-refractivity contribution in [3.63, 3.8) is 0 Å². The van der Waals surface area contributed by atoms with Gasteiger partial charge < -0.3 is 10.6 Å². The van der Waals surface area contributed by atoms with E-state index in [4.69, 9.17) is 0 Å². The number of rotatable bonds is 6. The van der Waals surface area contributed by atoms with Crippen molar-refractivity contribution in [2.75, 3.05) is 17.2 Å². The smallest absolute Gasteiger partial charge is 0.253 e. The lowest BCUT2D eigenvalue weighted by Crippen LogP contribution is -2.38. The molecule has 0 aliphatic heterocycles. The summed E-state index contributed by atoms with van der Waals surface area (Å²) in [4.78, 5) is 27.8. The molecular formula is C18H19N3O2. The Hall–Kier alpha value is -2.43. The summed E-state index contributed by atoms with van der Waals surface area (Å²) in [5.41, 5.74) is 0.838. The van der Waals surface area contributed by atoms with Crippen molar-refractivity contribution in [1.29, 1.82) is 0 Å². The molecule has 1 aromatic carbocycles. The van der Waals surface area contributed by atoms with Gasteiger partial charge in [0.2, 0.25) is 0 Å². The molecule has 2 N–H and O–H groups in total. The lowest BCUT2D eigenvalue weighted by molar-refractivity contribution is 0.472. The highest BCUT2D eigenvalue weighted by Crippen LogP contribution is 2.43. The second-order valence-corrected chi connectivity index (χ2v) is 6.50. The Morgan fingerprint density at radius 3 is 2.52 bits per heavy atom. The van der Waals surface area contributed by atoms with Crippen molar-refractivity contribution in [2.45, 2.75) is 19.4 Å². The van der Waals surface area contributed by atoms with Crippen molar-refractivity contribution in [2.24, 2.45) is 17.8 Å². The zero-order valence-electron chi connectivity index (χ0n) is 12.8. The van der Waals surface area contributed by atoms with Crippen LogP contribution in [0.1, 0.15) is 18.5 Å². The van der Waals surface area contributed by atoms with E-state index in [-0.39, 0.29) is 0 Å². The number of pyridine rings is 1. The molecule has 0 saturated heterocycles. The summed E-state index contributed by atoms with van der Waals surface area (Å²) in [5, 5.41) is 6.25. The summed E-state index contributed by atoms with van der Waals surface area (Å²) in [6, 6.07) is 5.62. The molecule has 2 aromatic rings. The third-order valence-corrected chi connectivity index (χ3v) is 5.04. The Bertz CT molecular complexity index is 805. The predicted octanol–water partition coefficient (Wildman–Crippen LogP) is 1.91. The van der Waals surface area contributed by atoms with Gasteiger partial charge in [-0.1, -0.05) is 18.2 Å². The Morgan fingerprint density at radius 2 is 1.87 bits per heavy atom. The van der Waals surface area contributed by atoms with Gasteiger partial charge in [0.1, 0.15) is 11.4 Å². The van der Waals surface area contributed by atoms with Crippen LogP contribution in [0.25, 0.3) is 0 Å². The summed E-state index contributed by atoms with van der Waals surface area (Å²) in [6.45, 7) is 1.20. The van der Waals surface area contributed by atoms with Crippen molar-refractivity contribution in [3.8, 4) is 0 Å². The van der Waals surface area contributed by atoms with Crippen molar-refractivity contribution in [3.05, 3.63) is 62.7 Å². The average molecular weight is 309 g/mol. The second kappa shape index (κ2) is 5.65. The second-order valence-electron chi connectivity index (χ2n) is 6.50. The number of hydrogen-bond donors (Lipinski definition) is 2. The highest BCUT2D eigenvalue weighted by molar-refractivity contribution is 5.73. The van der Waals surface area contributed by atoms with Gasteiger partial charge in [-0.3, -0.25) is 14.6 Å². The fourth-order valence-corrected chi connectivity index (χ4v) is 3.77. The van der Waals surface area contributed by atoms with E-state index in [0.29, 0.717) is 35.7 Å². The topological polar surface area (TPSA) is 71.1 Å². The van der Waals surface area contributed by atoms with Crippen LogP contribution in [0.5, 0.6) is 0 Å². The van der Waals surface area contributed by atoms with E-state index >= 15 is 0 Å². The highest BCUT2D eigenvalue weighted by Gasteiger charge is 2.35. The van der Waals surface area contributed by atoms with Crippen LogP contribution in [0.15, 0.2) is 46.1 Å². The molecule has 2 aliphatic carbocycles. The molecule has 23 heavy (non-hydrogen) atoms. The van der Waals surface area contributed by atoms with E-state index in [1.165, 1.54) is 12.8 Å². The molecule has 4 rings (SSSR count). The molecule has 0 amide bonds. The van der Waals surface area contributed by atoms with Gasteiger partial charge in [0.05, 0.1) is 12.2 Å². The third kappa shape index (κ3) is 2.56. The zero-order chi connectivity index (χ0) is 15.8. The normalized spacial score (nSPS) is 25.1. The number of nitrogens with one attached hydrogen (secondary N) is 2. The average Bonchev–Trinajstić information content (AvgIpc) is 3.20. The fraction of sp³-hybridized carbons (Fsp3) is 0.389. The lowest BCUT2D eigenvalue weighted by atomic mass is 9.93. The number of anilines is 2. The maximum Gasteiger partial charge on any atom is 0.253 e. The Balaban J connectivity index is 1.39.